The summed E-state index contributed by atoms with van der Waals surface area (Å²) < 4.78 is 4.88. The van der Waals surface area contributed by atoms with Gasteiger partial charge in [-0.3, -0.25) is 15.0 Å². The Hall–Kier alpha value is -2.41. The van der Waals surface area contributed by atoms with Crippen molar-refractivity contribution >= 4 is 40.8 Å². The average molecular weight is 336 g/mol. The summed E-state index contributed by atoms with van der Waals surface area (Å²) in [5, 5.41) is 4.40. The molecule has 0 aliphatic carbocycles. The van der Waals surface area contributed by atoms with Crippen molar-refractivity contribution in [1.29, 1.82) is 0 Å². The van der Waals surface area contributed by atoms with Gasteiger partial charge in [0.25, 0.3) is 5.91 Å². The zero-order chi connectivity index (χ0) is 16.6. The van der Waals surface area contributed by atoms with Crippen LogP contribution in [-0.2, 0) is 19.1 Å². The molecule has 1 aromatic rings. The van der Waals surface area contributed by atoms with E-state index in [9.17, 15) is 14.4 Å². The fraction of sp³-hybridized carbons (Fsp3) is 0.333. The molecule has 1 saturated heterocycles. The molecule has 1 spiro atoms. The molecule has 23 heavy (non-hydrogen) atoms. The molecule has 1 aromatic carbocycles. The number of anilines is 1. The highest BCUT2D eigenvalue weighted by atomic mass is 35.5. The fourth-order valence-corrected chi connectivity index (χ4v) is 2.81. The van der Waals surface area contributed by atoms with Crippen molar-refractivity contribution in [2.24, 2.45) is 5.10 Å². The Kier molecular flexibility index (Phi) is 3.81. The molecule has 0 bridgehead atoms. The van der Waals surface area contributed by atoms with Gasteiger partial charge in [0.15, 0.2) is 0 Å². The van der Waals surface area contributed by atoms with E-state index in [1.54, 1.807) is 31.2 Å². The standard InChI is InChI=1S/C15H14ClN3O4/c1-2-23-13(21)11-7-15(18-17-11)8-12(20)19(14(15)22)10-5-3-9(16)4-6-10/h3-6,18H,2,7-8H2,1H3/t15-/m0/s1. The maximum Gasteiger partial charge on any atom is 0.354 e. The van der Waals surface area contributed by atoms with Crippen LogP contribution in [0.3, 0.4) is 0 Å². The predicted molar refractivity (Wildman–Crippen MR) is 83.1 cm³/mol. The van der Waals surface area contributed by atoms with Gasteiger partial charge in [-0.2, -0.15) is 5.10 Å². The van der Waals surface area contributed by atoms with Crippen LogP contribution in [0.5, 0.6) is 0 Å². The molecular weight excluding hydrogens is 322 g/mol. The Morgan fingerprint density at radius 3 is 2.70 bits per heavy atom. The lowest BCUT2D eigenvalue weighted by molar-refractivity contribution is -0.135. The van der Waals surface area contributed by atoms with Crippen LogP contribution in [0.4, 0.5) is 5.69 Å². The van der Waals surface area contributed by atoms with Crippen LogP contribution < -0.4 is 10.3 Å². The van der Waals surface area contributed by atoms with Gasteiger partial charge in [0, 0.05) is 11.4 Å². The number of hydrazone groups is 1. The molecule has 120 valence electrons. The number of carbonyl (C=O) groups excluding carboxylic acids is 3. The van der Waals surface area contributed by atoms with Crippen molar-refractivity contribution in [2.45, 2.75) is 25.3 Å². The summed E-state index contributed by atoms with van der Waals surface area (Å²) >= 11 is 5.82. The van der Waals surface area contributed by atoms with Crippen LogP contribution in [0.2, 0.25) is 5.02 Å². The van der Waals surface area contributed by atoms with E-state index in [2.05, 4.69) is 10.5 Å². The molecule has 3 rings (SSSR count). The zero-order valence-corrected chi connectivity index (χ0v) is 13.1. The number of benzene rings is 1. The quantitative estimate of drug-likeness (QED) is 0.663. The third-order valence-corrected chi connectivity index (χ3v) is 4.04. The number of ether oxygens (including phenoxy) is 1. The van der Waals surface area contributed by atoms with E-state index >= 15 is 0 Å². The lowest BCUT2D eigenvalue weighted by Gasteiger charge is -2.21. The lowest BCUT2D eigenvalue weighted by Crippen LogP contribution is -2.47. The van der Waals surface area contributed by atoms with Crippen molar-refractivity contribution in [3.63, 3.8) is 0 Å². The average Bonchev–Trinajstić information content (AvgIpc) is 3.04. The van der Waals surface area contributed by atoms with E-state index in [0.717, 1.165) is 4.90 Å². The normalized spacial score (nSPS) is 23.2. The Bertz CT molecular complexity index is 716. The minimum Gasteiger partial charge on any atom is -0.461 e. The summed E-state index contributed by atoms with van der Waals surface area (Å²) in [4.78, 5) is 37.9. The summed E-state index contributed by atoms with van der Waals surface area (Å²) in [5.74, 6) is -1.37. The van der Waals surface area contributed by atoms with Gasteiger partial charge in [-0.25, -0.2) is 9.69 Å². The van der Waals surface area contributed by atoms with Gasteiger partial charge in [0.1, 0.15) is 11.3 Å². The first kappa shape index (κ1) is 15.5. The molecular formula is C15H14ClN3O4. The highest BCUT2D eigenvalue weighted by molar-refractivity contribution is 6.39. The maximum absolute atomic E-state index is 12.7. The third-order valence-electron chi connectivity index (χ3n) is 3.78. The monoisotopic (exact) mass is 335 g/mol. The Morgan fingerprint density at radius 1 is 1.35 bits per heavy atom. The minimum atomic E-state index is -1.21. The SMILES string of the molecule is CCOC(=O)C1=NN[C@]2(CC(=O)N(c3ccc(Cl)cc3)C2=O)C1. The van der Waals surface area contributed by atoms with Crippen LogP contribution in [-0.4, -0.2) is 35.6 Å². The molecule has 2 heterocycles. The summed E-state index contributed by atoms with van der Waals surface area (Å²) in [5.41, 5.74) is 2.01. The number of amides is 2. The largest absolute Gasteiger partial charge is 0.461 e. The molecule has 0 radical (unpaired) electrons. The first-order valence-electron chi connectivity index (χ1n) is 7.10. The van der Waals surface area contributed by atoms with Crippen LogP contribution in [0, 0.1) is 0 Å². The molecule has 2 aliphatic rings. The summed E-state index contributed by atoms with van der Waals surface area (Å²) in [6, 6.07) is 6.40. The molecule has 8 heteroatoms. The smallest absolute Gasteiger partial charge is 0.354 e. The number of esters is 1. The second-order valence-corrected chi connectivity index (χ2v) is 5.77. The Balaban J connectivity index is 1.83. The topological polar surface area (TPSA) is 88.1 Å². The fourth-order valence-electron chi connectivity index (χ4n) is 2.69. The number of nitrogens with zero attached hydrogens (tertiary/aromatic N) is 2. The molecule has 0 aromatic heterocycles. The predicted octanol–water partition coefficient (Wildman–Crippen LogP) is 1.25. The van der Waals surface area contributed by atoms with E-state index in [1.807, 2.05) is 0 Å². The highest BCUT2D eigenvalue weighted by Gasteiger charge is 2.56. The number of hydrogen-bond acceptors (Lipinski definition) is 6. The molecule has 0 unspecified atom stereocenters. The lowest BCUT2D eigenvalue weighted by atomic mass is 9.93. The molecule has 1 N–H and O–H groups in total. The van der Waals surface area contributed by atoms with Crippen molar-refractivity contribution in [3.8, 4) is 0 Å². The van der Waals surface area contributed by atoms with Gasteiger partial charge in [-0.05, 0) is 31.2 Å². The number of nitrogens with one attached hydrogen (secondary N) is 1. The van der Waals surface area contributed by atoms with E-state index in [4.69, 9.17) is 16.3 Å². The number of halogens is 1. The van der Waals surface area contributed by atoms with Crippen LogP contribution >= 0.6 is 11.6 Å². The van der Waals surface area contributed by atoms with E-state index < -0.39 is 17.4 Å². The van der Waals surface area contributed by atoms with Gasteiger partial charge in [0.05, 0.1) is 18.7 Å². The molecule has 0 saturated carbocycles. The Morgan fingerprint density at radius 2 is 2.04 bits per heavy atom. The van der Waals surface area contributed by atoms with Crippen molar-refractivity contribution < 1.29 is 19.1 Å². The van der Waals surface area contributed by atoms with E-state index in [-0.39, 0.29) is 31.1 Å². The number of rotatable bonds is 3. The van der Waals surface area contributed by atoms with Gasteiger partial charge in [0.2, 0.25) is 5.91 Å². The molecule has 2 amide bonds. The highest BCUT2D eigenvalue weighted by Crippen LogP contribution is 2.35. The number of carbonyl (C=O) groups is 3. The molecule has 1 atom stereocenters. The van der Waals surface area contributed by atoms with Crippen molar-refractivity contribution in [1.82, 2.24) is 5.43 Å². The van der Waals surface area contributed by atoms with Gasteiger partial charge >= 0.3 is 5.97 Å². The van der Waals surface area contributed by atoms with Gasteiger partial charge in [-0.1, -0.05) is 11.6 Å². The van der Waals surface area contributed by atoms with Crippen LogP contribution in [0.1, 0.15) is 19.8 Å². The zero-order valence-electron chi connectivity index (χ0n) is 12.3. The first-order chi connectivity index (χ1) is 11.0. The first-order valence-corrected chi connectivity index (χ1v) is 7.48. The number of hydrogen-bond donors (Lipinski definition) is 1. The van der Waals surface area contributed by atoms with Crippen LogP contribution in [0.15, 0.2) is 29.4 Å². The minimum absolute atomic E-state index is 0.0283. The Labute approximate surface area is 137 Å². The third kappa shape index (κ3) is 2.57. The summed E-state index contributed by atoms with van der Waals surface area (Å²) in [6.45, 7) is 1.90. The van der Waals surface area contributed by atoms with E-state index in [1.165, 1.54) is 0 Å². The summed E-state index contributed by atoms with van der Waals surface area (Å²) in [6.07, 6.45) is -0.0403. The van der Waals surface area contributed by atoms with E-state index in [0.29, 0.717) is 10.7 Å². The van der Waals surface area contributed by atoms with Crippen LogP contribution in [0.25, 0.3) is 0 Å². The number of imide groups is 1. The second kappa shape index (κ2) is 5.66. The molecule has 1 fully saturated rings. The van der Waals surface area contributed by atoms with Crippen molar-refractivity contribution in [3.05, 3.63) is 29.3 Å². The summed E-state index contributed by atoms with van der Waals surface area (Å²) in [7, 11) is 0. The van der Waals surface area contributed by atoms with Gasteiger partial charge in [-0.15, -0.1) is 0 Å². The van der Waals surface area contributed by atoms with Crippen molar-refractivity contribution in [2.75, 3.05) is 11.5 Å². The van der Waals surface area contributed by atoms with Gasteiger partial charge < -0.3 is 4.74 Å². The molecule has 2 aliphatic heterocycles. The molecule has 7 nitrogen and oxygen atoms in total. The maximum atomic E-state index is 12.7. The second-order valence-electron chi connectivity index (χ2n) is 5.34.